The molecule has 1 aromatic rings. The highest BCUT2D eigenvalue weighted by Crippen LogP contribution is 1.98. The molecule has 0 aliphatic carbocycles. The first-order valence-electron chi connectivity index (χ1n) is 3.49. The van der Waals surface area contributed by atoms with Gasteiger partial charge in [0.15, 0.2) is 0 Å². The predicted octanol–water partition coefficient (Wildman–Crippen LogP) is 0.730. The Kier molecular flexibility index (Phi) is 2.25. The van der Waals surface area contributed by atoms with Crippen molar-refractivity contribution in [2.24, 2.45) is 0 Å². The number of aromatic amines is 1. The first-order valence-corrected chi connectivity index (χ1v) is 3.49. The van der Waals surface area contributed by atoms with E-state index in [0.717, 1.165) is 18.7 Å². The molecule has 4 nitrogen and oxygen atoms in total. The van der Waals surface area contributed by atoms with E-state index < -0.39 is 0 Å². The molecule has 10 heavy (non-hydrogen) atoms. The predicted molar refractivity (Wildman–Crippen MR) is 39.4 cm³/mol. The molecule has 1 heterocycles. The molecular weight excluding hydrogens is 128 g/mol. The monoisotopic (exact) mass is 140 g/mol. The van der Waals surface area contributed by atoms with Crippen molar-refractivity contribution in [2.45, 2.75) is 26.2 Å². The maximum absolute atomic E-state index is 5.30. The van der Waals surface area contributed by atoms with Crippen molar-refractivity contribution in [1.82, 2.24) is 15.2 Å². The maximum atomic E-state index is 5.30. The SMILES string of the molecule is CCCCc1nc(N)n[nH]1. The number of aryl methyl sites for hydroxylation is 1. The Balaban J connectivity index is 2.42. The fraction of sp³-hybridized carbons (Fsp3) is 0.667. The van der Waals surface area contributed by atoms with Crippen molar-refractivity contribution >= 4 is 5.95 Å². The lowest BCUT2D eigenvalue weighted by atomic mass is 10.2. The van der Waals surface area contributed by atoms with Crippen LogP contribution < -0.4 is 5.73 Å². The third-order valence-corrected chi connectivity index (χ3v) is 1.32. The van der Waals surface area contributed by atoms with Crippen molar-refractivity contribution in [3.05, 3.63) is 5.82 Å². The van der Waals surface area contributed by atoms with E-state index in [2.05, 4.69) is 22.1 Å². The van der Waals surface area contributed by atoms with Crippen molar-refractivity contribution in [3.63, 3.8) is 0 Å². The minimum absolute atomic E-state index is 0.339. The largest absolute Gasteiger partial charge is 0.367 e. The highest BCUT2D eigenvalue weighted by Gasteiger charge is 1.96. The molecule has 0 aliphatic heterocycles. The molecule has 0 unspecified atom stereocenters. The third kappa shape index (κ3) is 1.72. The fourth-order valence-corrected chi connectivity index (χ4v) is 0.766. The second-order valence-electron chi connectivity index (χ2n) is 2.24. The van der Waals surface area contributed by atoms with Gasteiger partial charge in [-0.15, -0.1) is 5.10 Å². The summed E-state index contributed by atoms with van der Waals surface area (Å²) >= 11 is 0. The van der Waals surface area contributed by atoms with Crippen LogP contribution in [-0.2, 0) is 6.42 Å². The van der Waals surface area contributed by atoms with Crippen LogP contribution in [0.1, 0.15) is 25.6 Å². The van der Waals surface area contributed by atoms with Gasteiger partial charge >= 0.3 is 0 Å². The topological polar surface area (TPSA) is 67.6 Å². The Hall–Kier alpha value is -1.06. The molecule has 0 aromatic carbocycles. The summed E-state index contributed by atoms with van der Waals surface area (Å²) in [5.74, 6) is 1.23. The van der Waals surface area contributed by atoms with Crippen LogP contribution in [0, 0.1) is 0 Å². The first-order chi connectivity index (χ1) is 4.83. The van der Waals surface area contributed by atoms with E-state index in [-0.39, 0.29) is 0 Å². The normalized spacial score (nSPS) is 10.1. The summed E-state index contributed by atoms with van der Waals surface area (Å²) in [5, 5.41) is 6.47. The zero-order valence-corrected chi connectivity index (χ0v) is 6.09. The second kappa shape index (κ2) is 3.20. The lowest BCUT2D eigenvalue weighted by Crippen LogP contribution is -1.88. The van der Waals surface area contributed by atoms with Gasteiger partial charge in [0.2, 0.25) is 5.95 Å². The van der Waals surface area contributed by atoms with Gasteiger partial charge in [-0.05, 0) is 6.42 Å². The van der Waals surface area contributed by atoms with Gasteiger partial charge in [-0.3, -0.25) is 5.10 Å². The lowest BCUT2D eigenvalue weighted by molar-refractivity contribution is 0.756. The summed E-state index contributed by atoms with van der Waals surface area (Å²) in [4.78, 5) is 3.96. The summed E-state index contributed by atoms with van der Waals surface area (Å²) in [5.41, 5.74) is 5.30. The number of rotatable bonds is 3. The standard InChI is InChI=1S/C6H12N4/c1-2-3-4-5-8-6(7)10-9-5/h2-4H2,1H3,(H3,7,8,9,10). The molecule has 1 aromatic heterocycles. The van der Waals surface area contributed by atoms with E-state index >= 15 is 0 Å². The van der Waals surface area contributed by atoms with Crippen molar-refractivity contribution in [3.8, 4) is 0 Å². The van der Waals surface area contributed by atoms with Crippen LogP contribution in [0.25, 0.3) is 0 Å². The quantitative estimate of drug-likeness (QED) is 0.650. The van der Waals surface area contributed by atoms with Crippen molar-refractivity contribution in [2.75, 3.05) is 5.73 Å². The molecule has 0 bridgehead atoms. The molecule has 0 spiro atoms. The molecule has 1 rings (SSSR count). The average Bonchev–Trinajstić information content (AvgIpc) is 2.31. The number of hydrogen-bond acceptors (Lipinski definition) is 3. The summed E-state index contributed by atoms with van der Waals surface area (Å²) in [7, 11) is 0. The third-order valence-electron chi connectivity index (χ3n) is 1.32. The maximum Gasteiger partial charge on any atom is 0.239 e. The summed E-state index contributed by atoms with van der Waals surface area (Å²) in [6, 6.07) is 0. The summed E-state index contributed by atoms with van der Waals surface area (Å²) < 4.78 is 0. The highest BCUT2D eigenvalue weighted by molar-refractivity contribution is 5.12. The molecular formula is C6H12N4. The zero-order valence-electron chi connectivity index (χ0n) is 6.09. The van der Waals surface area contributed by atoms with Gasteiger partial charge in [0.05, 0.1) is 0 Å². The van der Waals surface area contributed by atoms with Crippen LogP contribution in [0.4, 0.5) is 5.95 Å². The molecule has 0 amide bonds. The zero-order chi connectivity index (χ0) is 7.40. The minimum atomic E-state index is 0.339. The Labute approximate surface area is 59.8 Å². The van der Waals surface area contributed by atoms with Crippen LogP contribution in [0.15, 0.2) is 0 Å². The minimum Gasteiger partial charge on any atom is -0.367 e. The van der Waals surface area contributed by atoms with Gasteiger partial charge < -0.3 is 5.73 Å². The van der Waals surface area contributed by atoms with Crippen LogP contribution in [0.3, 0.4) is 0 Å². The lowest BCUT2D eigenvalue weighted by Gasteiger charge is -1.89. The van der Waals surface area contributed by atoms with Crippen LogP contribution in [0.2, 0.25) is 0 Å². The second-order valence-corrected chi connectivity index (χ2v) is 2.24. The van der Waals surface area contributed by atoms with E-state index in [4.69, 9.17) is 5.73 Å². The van der Waals surface area contributed by atoms with Gasteiger partial charge in [-0.2, -0.15) is 4.98 Å². The molecule has 56 valence electrons. The van der Waals surface area contributed by atoms with Gasteiger partial charge in [-0.1, -0.05) is 13.3 Å². The van der Waals surface area contributed by atoms with E-state index in [1.807, 2.05) is 0 Å². The molecule has 0 saturated carbocycles. The van der Waals surface area contributed by atoms with Crippen molar-refractivity contribution in [1.29, 1.82) is 0 Å². The smallest absolute Gasteiger partial charge is 0.239 e. The number of nitrogens with one attached hydrogen (secondary N) is 1. The van der Waals surface area contributed by atoms with Gasteiger partial charge in [-0.25, -0.2) is 0 Å². The molecule has 0 atom stereocenters. The van der Waals surface area contributed by atoms with Gasteiger partial charge in [0, 0.05) is 6.42 Å². The number of nitrogens with two attached hydrogens (primary N) is 1. The Morgan fingerprint density at radius 2 is 2.40 bits per heavy atom. The number of aromatic nitrogens is 3. The first kappa shape index (κ1) is 7.05. The molecule has 4 heteroatoms. The number of nitrogen functional groups attached to an aromatic ring is 1. The Morgan fingerprint density at radius 3 is 2.90 bits per heavy atom. The highest BCUT2D eigenvalue weighted by atomic mass is 15.3. The number of hydrogen-bond donors (Lipinski definition) is 2. The van der Waals surface area contributed by atoms with Crippen LogP contribution >= 0.6 is 0 Å². The van der Waals surface area contributed by atoms with E-state index in [1.54, 1.807) is 0 Å². The van der Waals surface area contributed by atoms with Gasteiger partial charge in [0.25, 0.3) is 0 Å². The Bertz CT molecular complexity index is 193. The Morgan fingerprint density at radius 1 is 1.60 bits per heavy atom. The van der Waals surface area contributed by atoms with E-state index in [0.29, 0.717) is 5.95 Å². The number of unbranched alkanes of at least 4 members (excludes halogenated alkanes) is 1. The molecule has 0 fully saturated rings. The van der Waals surface area contributed by atoms with E-state index in [9.17, 15) is 0 Å². The number of H-pyrrole nitrogens is 1. The van der Waals surface area contributed by atoms with E-state index in [1.165, 1.54) is 6.42 Å². The number of anilines is 1. The molecule has 0 aliphatic rings. The van der Waals surface area contributed by atoms with Crippen LogP contribution in [-0.4, -0.2) is 15.2 Å². The van der Waals surface area contributed by atoms with Crippen molar-refractivity contribution < 1.29 is 0 Å². The van der Waals surface area contributed by atoms with Crippen LogP contribution in [0.5, 0.6) is 0 Å². The summed E-state index contributed by atoms with van der Waals surface area (Å²) in [6.07, 6.45) is 3.25. The van der Waals surface area contributed by atoms with Gasteiger partial charge in [0.1, 0.15) is 5.82 Å². The molecule has 3 N–H and O–H groups in total. The molecule has 0 radical (unpaired) electrons. The average molecular weight is 140 g/mol. The fourth-order valence-electron chi connectivity index (χ4n) is 0.766. The molecule has 0 saturated heterocycles. The number of nitrogens with zero attached hydrogens (tertiary/aromatic N) is 2. The summed E-state index contributed by atoms with van der Waals surface area (Å²) in [6.45, 7) is 2.14.